The molecule has 1 amide bonds. The Morgan fingerprint density at radius 3 is 2.53 bits per heavy atom. The molecule has 0 saturated heterocycles. The number of alkyl carbamates (subject to hydrolysis) is 1. The van der Waals surface area contributed by atoms with E-state index in [1.807, 2.05) is 0 Å². The summed E-state index contributed by atoms with van der Waals surface area (Å²) in [5.74, 6) is -0.337. The zero-order valence-electron chi connectivity index (χ0n) is 11.8. The van der Waals surface area contributed by atoms with Crippen molar-refractivity contribution < 1.29 is 13.9 Å². The number of carbonyl (C=O) groups excluding carboxylic acids is 1. The van der Waals surface area contributed by atoms with E-state index in [1.165, 1.54) is 6.07 Å². The van der Waals surface area contributed by atoms with E-state index in [0.717, 1.165) is 0 Å². The summed E-state index contributed by atoms with van der Waals surface area (Å²) in [6.07, 6.45) is -0.517. The summed E-state index contributed by atoms with van der Waals surface area (Å²) in [5, 5.41) is 2.58. The van der Waals surface area contributed by atoms with E-state index in [1.54, 1.807) is 39.8 Å². The van der Waals surface area contributed by atoms with Crippen LogP contribution in [0.3, 0.4) is 0 Å². The number of nitrogens with one attached hydrogen (secondary N) is 1. The zero-order chi connectivity index (χ0) is 14.6. The minimum absolute atomic E-state index is 0.225. The van der Waals surface area contributed by atoms with Crippen LogP contribution in [0, 0.1) is 5.82 Å². The second kappa shape index (κ2) is 5.87. The van der Waals surface area contributed by atoms with Crippen molar-refractivity contribution in [1.29, 1.82) is 0 Å². The van der Waals surface area contributed by atoms with Gasteiger partial charge in [0.2, 0.25) is 0 Å². The molecule has 0 atom stereocenters. The lowest BCUT2D eigenvalue weighted by Gasteiger charge is -2.19. The summed E-state index contributed by atoms with van der Waals surface area (Å²) in [7, 11) is 0. The molecule has 1 N–H and O–H groups in total. The van der Waals surface area contributed by atoms with Gasteiger partial charge in [-0.1, -0.05) is 18.7 Å². The SMILES string of the molecule is C=C(C)c1ccc(CNC(=O)OC(C)(C)C)cc1F. The first kappa shape index (κ1) is 15.2. The molecule has 0 radical (unpaired) electrons. The number of ether oxygens (including phenoxy) is 1. The Hall–Kier alpha value is -1.84. The monoisotopic (exact) mass is 265 g/mol. The van der Waals surface area contributed by atoms with Gasteiger partial charge >= 0.3 is 6.09 Å². The highest BCUT2D eigenvalue weighted by molar-refractivity contribution is 5.67. The number of carbonyl (C=O) groups is 1. The highest BCUT2D eigenvalue weighted by Crippen LogP contribution is 2.17. The Morgan fingerprint density at radius 2 is 2.05 bits per heavy atom. The van der Waals surface area contributed by atoms with Crippen molar-refractivity contribution in [2.45, 2.75) is 39.8 Å². The third kappa shape index (κ3) is 5.12. The van der Waals surface area contributed by atoms with Crippen LogP contribution in [0.15, 0.2) is 24.8 Å². The van der Waals surface area contributed by atoms with Crippen molar-refractivity contribution in [3.8, 4) is 0 Å². The minimum atomic E-state index is -0.543. The Bertz CT molecular complexity index is 489. The first-order chi connectivity index (χ1) is 8.69. The van der Waals surface area contributed by atoms with Crippen molar-refractivity contribution in [2.24, 2.45) is 0 Å². The molecule has 0 fully saturated rings. The normalized spacial score (nSPS) is 11.0. The van der Waals surface area contributed by atoms with Gasteiger partial charge in [0.1, 0.15) is 11.4 Å². The Balaban J connectivity index is 2.62. The fourth-order valence-electron chi connectivity index (χ4n) is 1.50. The smallest absolute Gasteiger partial charge is 0.407 e. The topological polar surface area (TPSA) is 38.3 Å². The molecule has 0 aliphatic heterocycles. The van der Waals surface area contributed by atoms with Crippen molar-refractivity contribution in [3.05, 3.63) is 41.7 Å². The van der Waals surface area contributed by atoms with Crippen molar-refractivity contribution >= 4 is 11.7 Å². The maximum atomic E-state index is 13.7. The highest BCUT2D eigenvalue weighted by Gasteiger charge is 2.15. The Labute approximate surface area is 113 Å². The standard InChI is InChI=1S/C15H20FNO2/c1-10(2)12-7-6-11(8-13(12)16)9-17-14(18)19-15(3,4)5/h6-8H,1,9H2,2-5H3,(H,17,18). The summed E-state index contributed by atoms with van der Waals surface area (Å²) in [5.41, 5.74) is 1.29. The Kier molecular flexibility index (Phi) is 4.70. The van der Waals surface area contributed by atoms with Gasteiger partial charge < -0.3 is 10.1 Å². The lowest BCUT2D eigenvalue weighted by molar-refractivity contribution is 0.0523. The van der Waals surface area contributed by atoms with E-state index in [-0.39, 0.29) is 12.4 Å². The molecule has 19 heavy (non-hydrogen) atoms. The number of hydrogen-bond donors (Lipinski definition) is 1. The summed E-state index contributed by atoms with van der Waals surface area (Å²) >= 11 is 0. The molecule has 0 spiro atoms. The van der Waals surface area contributed by atoms with Crippen molar-refractivity contribution in [3.63, 3.8) is 0 Å². The summed E-state index contributed by atoms with van der Waals surface area (Å²) in [4.78, 5) is 11.5. The van der Waals surface area contributed by atoms with E-state index in [2.05, 4.69) is 11.9 Å². The number of hydrogen-bond acceptors (Lipinski definition) is 2. The number of benzene rings is 1. The third-order valence-corrected chi connectivity index (χ3v) is 2.33. The molecule has 1 aromatic carbocycles. The van der Waals surface area contributed by atoms with Gasteiger partial charge in [0.15, 0.2) is 0 Å². The van der Waals surface area contributed by atoms with E-state index in [9.17, 15) is 9.18 Å². The van der Waals surface area contributed by atoms with Gasteiger partial charge in [-0.15, -0.1) is 0 Å². The first-order valence-corrected chi connectivity index (χ1v) is 6.10. The minimum Gasteiger partial charge on any atom is -0.444 e. The summed E-state index contributed by atoms with van der Waals surface area (Å²) in [6, 6.07) is 4.80. The molecule has 104 valence electrons. The fourth-order valence-corrected chi connectivity index (χ4v) is 1.50. The number of amides is 1. The van der Waals surface area contributed by atoms with E-state index >= 15 is 0 Å². The quantitative estimate of drug-likeness (QED) is 0.900. The van der Waals surface area contributed by atoms with Gasteiger partial charge in [0, 0.05) is 12.1 Å². The van der Waals surface area contributed by atoms with Gasteiger partial charge in [-0.3, -0.25) is 0 Å². The first-order valence-electron chi connectivity index (χ1n) is 6.10. The number of halogens is 1. The lowest BCUT2D eigenvalue weighted by atomic mass is 10.1. The van der Waals surface area contributed by atoms with Crippen LogP contribution in [0.4, 0.5) is 9.18 Å². The molecule has 0 aromatic heterocycles. The van der Waals surface area contributed by atoms with Crippen LogP contribution in [0.5, 0.6) is 0 Å². The van der Waals surface area contributed by atoms with Crippen LogP contribution >= 0.6 is 0 Å². The molecular weight excluding hydrogens is 245 g/mol. The second-order valence-electron chi connectivity index (χ2n) is 5.45. The van der Waals surface area contributed by atoms with Crippen LogP contribution in [-0.4, -0.2) is 11.7 Å². The van der Waals surface area contributed by atoms with E-state index in [4.69, 9.17) is 4.74 Å². The van der Waals surface area contributed by atoms with E-state index in [0.29, 0.717) is 16.7 Å². The highest BCUT2D eigenvalue weighted by atomic mass is 19.1. The van der Waals surface area contributed by atoms with Gasteiger partial charge in [0.25, 0.3) is 0 Å². The van der Waals surface area contributed by atoms with Crippen LogP contribution in [-0.2, 0) is 11.3 Å². The van der Waals surface area contributed by atoms with Crippen LogP contribution in [0.2, 0.25) is 0 Å². The van der Waals surface area contributed by atoms with Crippen molar-refractivity contribution in [2.75, 3.05) is 0 Å². The van der Waals surface area contributed by atoms with Gasteiger partial charge in [-0.05, 0) is 44.9 Å². The van der Waals surface area contributed by atoms with E-state index < -0.39 is 11.7 Å². The molecule has 3 nitrogen and oxygen atoms in total. The predicted octanol–water partition coefficient (Wildman–Crippen LogP) is 3.88. The predicted molar refractivity (Wildman–Crippen MR) is 74.2 cm³/mol. The average molecular weight is 265 g/mol. The maximum absolute atomic E-state index is 13.7. The summed E-state index contributed by atoms with van der Waals surface area (Å²) < 4.78 is 18.8. The van der Waals surface area contributed by atoms with Crippen LogP contribution in [0.1, 0.15) is 38.8 Å². The average Bonchev–Trinajstić information content (AvgIpc) is 2.23. The maximum Gasteiger partial charge on any atom is 0.407 e. The molecule has 0 heterocycles. The Morgan fingerprint density at radius 1 is 1.42 bits per heavy atom. The fraction of sp³-hybridized carbons (Fsp3) is 0.400. The summed E-state index contributed by atoms with van der Waals surface area (Å²) in [6.45, 7) is 11.0. The molecule has 0 aliphatic rings. The molecule has 1 aromatic rings. The van der Waals surface area contributed by atoms with Crippen molar-refractivity contribution in [1.82, 2.24) is 5.32 Å². The lowest BCUT2D eigenvalue weighted by Crippen LogP contribution is -2.32. The number of rotatable bonds is 3. The molecule has 1 rings (SSSR count). The molecule has 0 bridgehead atoms. The van der Waals surface area contributed by atoms with Gasteiger partial charge in [-0.25, -0.2) is 9.18 Å². The molecule has 0 saturated carbocycles. The zero-order valence-corrected chi connectivity index (χ0v) is 11.8. The largest absolute Gasteiger partial charge is 0.444 e. The third-order valence-electron chi connectivity index (χ3n) is 2.33. The molecule has 4 heteroatoms. The molecule has 0 unspecified atom stereocenters. The second-order valence-corrected chi connectivity index (χ2v) is 5.45. The molecular formula is C15H20FNO2. The van der Waals surface area contributed by atoms with Gasteiger partial charge in [-0.2, -0.15) is 0 Å². The number of allylic oxidation sites excluding steroid dienone is 1. The van der Waals surface area contributed by atoms with Crippen LogP contribution in [0.25, 0.3) is 5.57 Å². The van der Waals surface area contributed by atoms with Gasteiger partial charge in [0.05, 0.1) is 0 Å². The van der Waals surface area contributed by atoms with Crippen LogP contribution < -0.4 is 5.32 Å². The molecule has 0 aliphatic carbocycles.